The van der Waals surface area contributed by atoms with E-state index in [-0.39, 0.29) is 17.7 Å². The highest BCUT2D eigenvalue weighted by Crippen LogP contribution is 2.25. The number of anilines is 1. The fourth-order valence-electron chi connectivity index (χ4n) is 2.45. The molecule has 2 heterocycles. The van der Waals surface area contributed by atoms with Gasteiger partial charge in [-0.1, -0.05) is 13.8 Å². The summed E-state index contributed by atoms with van der Waals surface area (Å²) in [5, 5.41) is 2.74. The van der Waals surface area contributed by atoms with Crippen LogP contribution in [0.25, 0.3) is 0 Å². The third-order valence-corrected chi connectivity index (χ3v) is 3.98. The molecule has 1 atom stereocenters. The third kappa shape index (κ3) is 3.48. The highest BCUT2D eigenvalue weighted by molar-refractivity contribution is 9.10. The van der Waals surface area contributed by atoms with Crippen LogP contribution in [0.1, 0.15) is 38.4 Å². The minimum absolute atomic E-state index is 0.0463. The molecular formula is C14H21BrN4O. The predicted octanol–water partition coefficient (Wildman–Crippen LogP) is 2.32. The molecule has 6 heteroatoms. The molecule has 1 fully saturated rings. The largest absolute Gasteiger partial charge is 0.359 e. The van der Waals surface area contributed by atoms with Crippen LogP contribution >= 0.6 is 15.9 Å². The van der Waals surface area contributed by atoms with Crippen molar-refractivity contribution in [2.24, 2.45) is 5.92 Å². The number of aromatic nitrogens is 2. The Bertz CT molecular complexity index is 492. The van der Waals surface area contributed by atoms with E-state index >= 15 is 0 Å². The molecule has 1 aliphatic heterocycles. The van der Waals surface area contributed by atoms with Gasteiger partial charge in [0.15, 0.2) is 0 Å². The van der Waals surface area contributed by atoms with Crippen molar-refractivity contribution in [1.29, 1.82) is 0 Å². The van der Waals surface area contributed by atoms with Gasteiger partial charge in [0.05, 0.1) is 5.92 Å². The summed E-state index contributed by atoms with van der Waals surface area (Å²) in [6.45, 7) is 5.82. The first-order chi connectivity index (χ1) is 9.51. The van der Waals surface area contributed by atoms with Crippen molar-refractivity contribution < 1.29 is 4.79 Å². The maximum absolute atomic E-state index is 11.8. The van der Waals surface area contributed by atoms with E-state index in [0.717, 1.165) is 42.2 Å². The molecule has 20 heavy (non-hydrogen) atoms. The van der Waals surface area contributed by atoms with Crippen molar-refractivity contribution in [3.05, 3.63) is 16.5 Å². The van der Waals surface area contributed by atoms with Gasteiger partial charge in [0.25, 0.3) is 0 Å². The molecule has 0 aliphatic carbocycles. The Kier molecular flexibility index (Phi) is 4.96. The van der Waals surface area contributed by atoms with Gasteiger partial charge in [-0.05, 0) is 28.8 Å². The summed E-state index contributed by atoms with van der Waals surface area (Å²) in [6, 6.07) is 1.93. The Morgan fingerprint density at radius 2 is 2.25 bits per heavy atom. The lowest BCUT2D eigenvalue weighted by atomic mass is 9.97. The van der Waals surface area contributed by atoms with Crippen LogP contribution in [0.15, 0.2) is 10.7 Å². The van der Waals surface area contributed by atoms with Gasteiger partial charge in [0.2, 0.25) is 5.91 Å². The van der Waals surface area contributed by atoms with Crippen LogP contribution in [0.5, 0.6) is 0 Å². The molecule has 0 aromatic carbocycles. The molecule has 0 spiro atoms. The van der Waals surface area contributed by atoms with Crippen LogP contribution in [0.4, 0.5) is 5.82 Å². The Morgan fingerprint density at radius 1 is 1.50 bits per heavy atom. The van der Waals surface area contributed by atoms with Crippen molar-refractivity contribution in [2.75, 3.05) is 25.0 Å². The van der Waals surface area contributed by atoms with Gasteiger partial charge in [-0.2, -0.15) is 0 Å². The quantitative estimate of drug-likeness (QED) is 0.858. The molecule has 1 N–H and O–H groups in total. The number of halogens is 1. The Morgan fingerprint density at radius 3 is 2.90 bits per heavy atom. The van der Waals surface area contributed by atoms with Crippen LogP contribution < -0.4 is 10.2 Å². The lowest BCUT2D eigenvalue weighted by molar-refractivity contribution is -0.124. The van der Waals surface area contributed by atoms with E-state index in [1.165, 1.54) is 0 Å². The summed E-state index contributed by atoms with van der Waals surface area (Å²) < 4.78 is 0.799. The maximum Gasteiger partial charge on any atom is 0.224 e. The van der Waals surface area contributed by atoms with Crippen LogP contribution in [-0.2, 0) is 4.79 Å². The minimum Gasteiger partial charge on any atom is -0.359 e. The summed E-state index contributed by atoms with van der Waals surface area (Å²) in [5.41, 5.74) is 0. The first-order valence-electron chi connectivity index (χ1n) is 7.02. The molecule has 1 aliphatic rings. The fraction of sp³-hybridized carbons (Fsp3) is 0.643. The number of amides is 1. The number of carbonyl (C=O) groups is 1. The summed E-state index contributed by atoms with van der Waals surface area (Å²) in [5.74, 6) is 2.18. The number of hydrogen-bond acceptors (Lipinski definition) is 4. The molecule has 1 amide bonds. The Balaban J connectivity index is 2.20. The zero-order valence-electron chi connectivity index (χ0n) is 12.2. The topological polar surface area (TPSA) is 58.1 Å². The monoisotopic (exact) mass is 340 g/mol. The fourth-order valence-corrected chi connectivity index (χ4v) is 2.83. The zero-order valence-corrected chi connectivity index (χ0v) is 13.8. The van der Waals surface area contributed by atoms with Gasteiger partial charge in [-0.25, -0.2) is 9.97 Å². The molecule has 0 bridgehead atoms. The molecule has 1 aromatic heterocycles. The zero-order chi connectivity index (χ0) is 14.7. The average molecular weight is 341 g/mol. The van der Waals surface area contributed by atoms with E-state index in [9.17, 15) is 4.79 Å². The number of hydrogen-bond donors (Lipinski definition) is 1. The minimum atomic E-state index is 0.0463. The van der Waals surface area contributed by atoms with Gasteiger partial charge in [-0.3, -0.25) is 4.79 Å². The van der Waals surface area contributed by atoms with E-state index in [4.69, 9.17) is 0 Å². The first-order valence-corrected chi connectivity index (χ1v) is 7.81. The van der Waals surface area contributed by atoms with E-state index < -0.39 is 0 Å². The van der Waals surface area contributed by atoms with Gasteiger partial charge >= 0.3 is 0 Å². The number of nitrogens with zero attached hydrogens (tertiary/aromatic N) is 3. The molecule has 1 saturated heterocycles. The van der Waals surface area contributed by atoms with E-state index in [2.05, 4.69) is 50.0 Å². The molecule has 5 nitrogen and oxygen atoms in total. The summed E-state index contributed by atoms with van der Waals surface area (Å²) in [4.78, 5) is 23.0. The number of rotatable bonds is 3. The van der Waals surface area contributed by atoms with Crippen molar-refractivity contribution in [3.63, 3.8) is 0 Å². The summed E-state index contributed by atoms with van der Waals surface area (Å²) >= 11 is 3.45. The lowest BCUT2D eigenvalue weighted by Crippen LogP contribution is -2.42. The maximum atomic E-state index is 11.8. The van der Waals surface area contributed by atoms with E-state index in [1.54, 1.807) is 7.05 Å². The Labute approximate surface area is 128 Å². The van der Waals surface area contributed by atoms with Crippen LogP contribution in [-0.4, -0.2) is 36.0 Å². The predicted molar refractivity (Wildman–Crippen MR) is 82.8 cm³/mol. The first kappa shape index (κ1) is 15.2. The standard InChI is InChI=1S/C14H21BrN4O/c1-9(2)13-17-11(15)7-12(18-13)19-6-4-5-10(8-19)14(20)16-3/h7,9-10H,4-6,8H2,1-3H3,(H,16,20). The molecule has 1 unspecified atom stereocenters. The number of carbonyl (C=O) groups excluding carboxylic acids is 1. The SMILES string of the molecule is CNC(=O)C1CCCN(c2cc(Br)nc(C(C)C)n2)C1. The van der Waals surface area contributed by atoms with E-state index in [1.807, 2.05) is 6.07 Å². The van der Waals surface area contributed by atoms with Crippen molar-refractivity contribution in [3.8, 4) is 0 Å². The van der Waals surface area contributed by atoms with Crippen LogP contribution in [0.3, 0.4) is 0 Å². The second kappa shape index (κ2) is 6.52. The summed E-state index contributed by atoms with van der Waals surface area (Å²) in [7, 11) is 1.69. The lowest BCUT2D eigenvalue weighted by Gasteiger charge is -2.33. The molecule has 1 aromatic rings. The van der Waals surface area contributed by atoms with Crippen molar-refractivity contribution >= 4 is 27.7 Å². The second-order valence-corrected chi connectivity index (χ2v) is 6.27. The third-order valence-electron chi connectivity index (χ3n) is 3.58. The normalized spacial score (nSPS) is 19.2. The molecule has 2 rings (SSSR count). The van der Waals surface area contributed by atoms with Gasteiger partial charge in [-0.15, -0.1) is 0 Å². The highest BCUT2D eigenvalue weighted by atomic mass is 79.9. The van der Waals surface area contributed by atoms with Gasteiger partial charge in [0.1, 0.15) is 16.2 Å². The molecule has 0 radical (unpaired) electrons. The molecule has 110 valence electrons. The Hall–Kier alpha value is -1.17. The van der Waals surface area contributed by atoms with Crippen LogP contribution in [0, 0.1) is 5.92 Å². The highest BCUT2D eigenvalue weighted by Gasteiger charge is 2.26. The molecule has 0 saturated carbocycles. The number of piperidine rings is 1. The summed E-state index contributed by atoms with van der Waals surface area (Å²) in [6.07, 6.45) is 1.95. The van der Waals surface area contributed by atoms with E-state index in [0.29, 0.717) is 0 Å². The molecular weight excluding hydrogens is 320 g/mol. The second-order valence-electron chi connectivity index (χ2n) is 5.46. The average Bonchev–Trinajstić information content (AvgIpc) is 2.45. The van der Waals surface area contributed by atoms with Gasteiger partial charge < -0.3 is 10.2 Å². The number of nitrogens with one attached hydrogen (secondary N) is 1. The van der Waals surface area contributed by atoms with Crippen LogP contribution in [0.2, 0.25) is 0 Å². The van der Waals surface area contributed by atoms with Gasteiger partial charge in [0, 0.05) is 32.1 Å². The smallest absolute Gasteiger partial charge is 0.224 e. The van der Waals surface area contributed by atoms with Crippen molar-refractivity contribution in [2.45, 2.75) is 32.6 Å². The van der Waals surface area contributed by atoms with Crippen molar-refractivity contribution in [1.82, 2.24) is 15.3 Å².